The number of benzene rings is 1. The van der Waals surface area contributed by atoms with Gasteiger partial charge in [-0.2, -0.15) is 0 Å². The van der Waals surface area contributed by atoms with Crippen molar-refractivity contribution in [2.75, 3.05) is 12.8 Å². The van der Waals surface area contributed by atoms with Crippen LogP contribution in [0.1, 0.15) is 61.3 Å². The van der Waals surface area contributed by atoms with E-state index in [9.17, 15) is 9.59 Å². The summed E-state index contributed by atoms with van der Waals surface area (Å²) in [6.45, 7) is 8.38. The van der Waals surface area contributed by atoms with Crippen molar-refractivity contribution >= 4 is 28.5 Å². The highest BCUT2D eigenvalue weighted by Gasteiger charge is 2.29. The molecule has 140 valence electrons. The van der Waals surface area contributed by atoms with Gasteiger partial charge in [0.25, 0.3) is 11.8 Å². The lowest BCUT2D eigenvalue weighted by Gasteiger charge is -2.35. The molecule has 1 fully saturated rings. The van der Waals surface area contributed by atoms with Gasteiger partial charge in [-0.15, -0.1) is 0 Å². The van der Waals surface area contributed by atoms with Crippen LogP contribution in [0.25, 0.3) is 10.9 Å². The topological polar surface area (TPSA) is 91.2 Å². The van der Waals surface area contributed by atoms with Crippen LogP contribution in [0.3, 0.4) is 0 Å². The number of fused-ring (bicyclic) bond motifs is 1. The lowest BCUT2D eigenvalue weighted by molar-refractivity contribution is 0.0629. The second-order valence-corrected chi connectivity index (χ2v) is 8.38. The molecule has 1 aromatic heterocycles. The van der Waals surface area contributed by atoms with E-state index in [1.54, 1.807) is 23.1 Å². The van der Waals surface area contributed by atoms with Crippen molar-refractivity contribution in [3.63, 3.8) is 0 Å². The monoisotopic (exact) mass is 356 g/mol. The molecule has 1 heterocycles. The van der Waals surface area contributed by atoms with Crippen LogP contribution in [-0.4, -0.2) is 40.8 Å². The molecular weight excluding hydrogens is 328 g/mol. The molecule has 1 aromatic carbocycles. The fourth-order valence-electron chi connectivity index (χ4n) is 3.04. The molecule has 2 aromatic rings. The molecule has 1 unspecified atom stereocenters. The van der Waals surface area contributed by atoms with Crippen LogP contribution in [0.4, 0.5) is 5.82 Å². The molecule has 6 nitrogen and oxygen atoms in total. The van der Waals surface area contributed by atoms with Crippen molar-refractivity contribution < 1.29 is 9.59 Å². The third-order valence-electron chi connectivity index (χ3n) is 5.37. The van der Waals surface area contributed by atoms with Crippen molar-refractivity contribution in [2.24, 2.45) is 5.41 Å². The average Bonchev–Trinajstić information content (AvgIpc) is 3.30. The van der Waals surface area contributed by atoms with Gasteiger partial charge in [0.1, 0.15) is 5.82 Å². The van der Waals surface area contributed by atoms with Crippen LogP contribution in [0.15, 0.2) is 18.2 Å². The van der Waals surface area contributed by atoms with Crippen molar-refractivity contribution in [1.82, 2.24) is 15.2 Å². The second-order valence-electron chi connectivity index (χ2n) is 8.38. The second kappa shape index (κ2) is 6.34. The van der Waals surface area contributed by atoms with E-state index in [2.05, 4.69) is 31.1 Å². The van der Waals surface area contributed by atoms with E-state index in [4.69, 9.17) is 5.73 Å². The molecule has 0 spiro atoms. The van der Waals surface area contributed by atoms with Crippen LogP contribution in [0.2, 0.25) is 0 Å². The Morgan fingerprint density at radius 3 is 2.54 bits per heavy atom. The third kappa shape index (κ3) is 3.41. The Balaban J connectivity index is 1.90. The predicted molar refractivity (Wildman–Crippen MR) is 104 cm³/mol. The van der Waals surface area contributed by atoms with Gasteiger partial charge in [0.2, 0.25) is 0 Å². The fourth-order valence-corrected chi connectivity index (χ4v) is 3.04. The number of hydrogen-bond donors (Lipinski definition) is 3. The Kier molecular flexibility index (Phi) is 4.46. The van der Waals surface area contributed by atoms with Gasteiger partial charge >= 0.3 is 0 Å². The molecule has 1 aliphatic rings. The largest absolute Gasteiger partial charge is 0.385 e. The number of nitrogens with one attached hydrogen (secondary N) is 2. The van der Waals surface area contributed by atoms with E-state index in [1.807, 2.05) is 14.0 Å². The molecule has 3 rings (SSSR count). The number of nitrogens with zero attached hydrogens (tertiary/aromatic N) is 1. The van der Waals surface area contributed by atoms with Gasteiger partial charge in [0.15, 0.2) is 0 Å². The van der Waals surface area contributed by atoms with Crippen molar-refractivity contribution in [2.45, 2.75) is 52.6 Å². The number of nitrogen functional groups attached to an aromatic ring is 1. The summed E-state index contributed by atoms with van der Waals surface area (Å²) < 4.78 is 0. The first kappa shape index (κ1) is 18.3. The molecule has 0 saturated heterocycles. The van der Waals surface area contributed by atoms with E-state index in [1.165, 1.54) is 0 Å². The number of rotatable bonds is 4. The summed E-state index contributed by atoms with van der Waals surface area (Å²) in [6.07, 6.45) is 2.04. The lowest BCUT2D eigenvalue weighted by atomic mass is 9.87. The Labute approximate surface area is 154 Å². The number of hydrogen-bond acceptors (Lipinski definition) is 3. The van der Waals surface area contributed by atoms with Crippen LogP contribution >= 0.6 is 0 Å². The molecule has 4 N–H and O–H groups in total. The first-order valence-electron chi connectivity index (χ1n) is 9.09. The van der Waals surface area contributed by atoms with E-state index < -0.39 is 0 Å². The fraction of sp³-hybridized carbons (Fsp3) is 0.500. The van der Waals surface area contributed by atoms with Crippen LogP contribution in [0, 0.1) is 5.41 Å². The minimum Gasteiger partial charge on any atom is -0.385 e. The highest BCUT2D eigenvalue weighted by atomic mass is 16.2. The summed E-state index contributed by atoms with van der Waals surface area (Å²) in [5, 5.41) is 3.70. The minimum absolute atomic E-state index is 0.0144. The molecule has 26 heavy (non-hydrogen) atoms. The molecule has 0 bridgehead atoms. The summed E-state index contributed by atoms with van der Waals surface area (Å²) >= 11 is 0. The Morgan fingerprint density at radius 1 is 1.31 bits per heavy atom. The smallest absolute Gasteiger partial charge is 0.255 e. The quantitative estimate of drug-likeness (QED) is 0.786. The van der Waals surface area contributed by atoms with E-state index in [0.29, 0.717) is 22.5 Å². The summed E-state index contributed by atoms with van der Waals surface area (Å²) in [5.74, 6) is 0.124. The Bertz CT molecular complexity index is 859. The maximum Gasteiger partial charge on any atom is 0.255 e. The average molecular weight is 356 g/mol. The number of carbonyl (C=O) groups is 2. The molecule has 6 heteroatoms. The molecule has 1 aliphatic carbocycles. The Hall–Kier alpha value is -2.50. The Morgan fingerprint density at radius 2 is 1.96 bits per heavy atom. The summed E-state index contributed by atoms with van der Waals surface area (Å²) in [4.78, 5) is 30.1. The lowest BCUT2D eigenvalue weighted by Crippen LogP contribution is -2.42. The zero-order chi connectivity index (χ0) is 19.2. The van der Waals surface area contributed by atoms with Crippen molar-refractivity contribution in [3.8, 4) is 0 Å². The van der Waals surface area contributed by atoms with Gasteiger partial charge in [-0.3, -0.25) is 9.59 Å². The zero-order valence-electron chi connectivity index (χ0n) is 16.1. The maximum atomic E-state index is 12.9. The first-order chi connectivity index (χ1) is 12.1. The van der Waals surface area contributed by atoms with Crippen molar-refractivity contribution in [1.29, 1.82) is 0 Å². The summed E-state index contributed by atoms with van der Waals surface area (Å²) in [5.41, 5.74) is 7.75. The van der Waals surface area contributed by atoms with Gasteiger partial charge in [-0.1, -0.05) is 26.8 Å². The highest BCUT2D eigenvalue weighted by Crippen LogP contribution is 2.29. The van der Waals surface area contributed by atoms with Gasteiger partial charge in [-0.25, -0.2) is 0 Å². The van der Waals surface area contributed by atoms with Crippen LogP contribution < -0.4 is 11.1 Å². The molecule has 1 atom stereocenters. The normalized spacial score (nSPS) is 15.7. The van der Waals surface area contributed by atoms with Gasteiger partial charge < -0.3 is 20.9 Å². The number of nitrogens with two attached hydrogens (primary N) is 1. The number of H-pyrrole nitrogens is 1. The number of aromatic amines is 1. The van der Waals surface area contributed by atoms with Crippen molar-refractivity contribution in [3.05, 3.63) is 29.3 Å². The minimum atomic E-state index is -0.159. The van der Waals surface area contributed by atoms with Crippen LogP contribution in [0.5, 0.6) is 0 Å². The van der Waals surface area contributed by atoms with Gasteiger partial charge in [0, 0.05) is 35.6 Å². The van der Waals surface area contributed by atoms with Gasteiger partial charge in [0.05, 0.1) is 5.56 Å². The highest BCUT2D eigenvalue weighted by molar-refractivity contribution is 6.12. The number of anilines is 1. The predicted octanol–water partition coefficient (Wildman–Crippen LogP) is 3.15. The zero-order valence-corrected chi connectivity index (χ0v) is 16.1. The summed E-state index contributed by atoms with van der Waals surface area (Å²) in [6, 6.07) is 5.68. The van der Waals surface area contributed by atoms with Gasteiger partial charge in [-0.05, 0) is 37.3 Å². The van der Waals surface area contributed by atoms with E-state index in [-0.39, 0.29) is 29.3 Å². The summed E-state index contributed by atoms with van der Waals surface area (Å²) in [7, 11) is 1.82. The molecule has 1 saturated carbocycles. The molecule has 2 amide bonds. The first-order valence-corrected chi connectivity index (χ1v) is 9.09. The van der Waals surface area contributed by atoms with E-state index in [0.717, 1.165) is 18.2 Å². The standard InChI is InChI=1S/C20H28N4O2/c1-11(20(2,3)4)24(5)19(26)12-6-9-14-15(10-12)23-17(21)16(14)18(25)22-13-7-8-13/h6,9-11,13,23H,7-8,21H2,1-5H3,(H,22,25). The molecule has 0 aliphatic heterocycles. The number of amides is 2. The number of carbonyl (C=O) groups excluding carboxylic acids is 2. The van der Waals surface area contributed by atoms with Crippen LogP contribution in [-0.2, 0) is 0 Å². The maximum absolute atomic E-state index is 12.9. The molecular formula is C20H28N4O2. The number of aromatic nitrogens is 1. The van der Waals surface area contributed by atoms with E-state index >= 15 is 0 Å². The third-order valence-corrected chi connectivity index (χ3v) is 5.37. The molecule has 0 radical (unpaired) electrons. The SMILES string of the molecule is CC(N(C)C(=O)c1ccc2c(C(=O)NC3CC3)c(N)[nH]c2c1)C(C)(C)C.